The van der Waals surface area contributed by atoms with Gasteiger partial charge >= 0.3 is 16.9 Å². The first-order chi connectivity index (χ1) is 16.2. The normalized spacial score (nSPS) is 10.8. The van der Waals surface area contributed by atoms with E-state index < -0.39 is 21.9 Å². The largest absolute Gasteiger partial charge is 0.493 e. The van der Waals surface area contributed by atoms with Crippen molar-refractivity contribution in [3.05, 3.63) is 89.7 Å². The second-order valence-electron chi connectivity index (χ2n) is 7.31. The number of rotatable bonds is 8. The maximum absolute atomic E-state index is 12.2. The van der Waals surface area contributed by atoms with Crippen molar-refractivity contribution in [2.45, 2.75) is 13.8 Å². The van der Waals surface area contributed by atoms with Crippen LogP contribution in [0.25, 0.3) is 12.2 Å². The molecule has 0 aliphatic carbocycles. The summed E-state index contributed by atoms with van der Waals surface area (Å²) in [5.74, 6) is 0.278. The molecule has 0 fully saturated rings. The van der Waals surface area contributed by atoms with Crippen molar-refractivity contribution in [2.24, 2.45) is 0 Å². The van der Waals surface area contributed by atoms with Crippen molar-refractivity contribution in [1.82, 2.24) is 9.97 Å². The van der Waals surface area contributed by atoms with Crippen molar-refractivity contribution in [3.8, 4) is 11.5 Å². The number of ether oxygens (including phenoxy) is 2. The Morgan fingerprint density at radius 3 is 2.50 bits per heavy atom. The molecule has 0 atom stereocenters. The first kappa shape index (κ1) is 24.0. The van der Waals surface area contributed by atoms with E-state index in [0.29, 0.717) is 22.7 Å². The smallest absolute Gasteiger partial charge is 0.357 e. The maximum Gasteiger partial charge on any atom is 0.357 e. The molecular weight excluding hydrogens is 444 g/mol. The van der Waals surface area contributed by atoms with Gasteiger partial charge in [0, 0.05) is 5.69 Å². The molecule has 0 bridgehead atoms. The van der Waals surface area contributed by atoms with Crippen LogP contribution in [0.1, 0.15) is 22.4 Å². The molecular formula is C23H22N4O7. The lowest BCUT2D eigenvalue weighted by atomic mass is 10.1. The molecule has 0 aliphatic heterocycles. The van der Waals surface area contributed by atoms with Gasteiger partial charge < -0.3 is 19.8 Å². The summed E-state index contributed by atoms with van der Waals surface area (Å²) in [6.07, 6.45) is 2.69. The van der Waals surface area contributed by atoms with E-state index >= 15 is 0 Å². The van der Waals surface area contributed by atoms with Gasteiger partial charge in [-0.15, -0.1) is 0 Å². The average Bonchev–Trinajstić information content (AvgIpc) is 2.78. The third-order valence-electron chi connectivity index (χ3n) is 4.91. The molecule has 0 saturated carbocycles. The van der Waals surface area contributed by atoms with Crippen LogP contribution >= 0.6 is 0 Å². The number of amides is 1. The van der Waals surface area contributed by atoms with Crippen molar-refractivity contribution in [2.75, 3.05) is 19.0 Å². The highest BCUT2D eigenvalue weighted by Gasteiger charge is 2.18. The number of hydrogen-bond acceptors (Lipinski definition) is 7. The standard InChI is InChI=1S/C23H22N4O7/c1-13-4-7-16(10-14(13)2)24-20(28)12-34-18-9-6-15(11-19(18)33-3)5-8-17-21(27(31)32)22(29)26-23(30)25-17/h4-11H,12H2,1-3H3,(H,24,28)(H2,25,26,29,30)/b8-5-. The van der Waals surface area contributed by atoms with Crippen molar-refractivity contribution < 1.29 is 19.2 Å². The third kappa shape index (κ3) is 5.76. The molecule has 0 aliphatic rings. The topological polar surface area (TPSA) is 156 Å². The van der Waals surface area contributed by atoms with Crippen LogP contribution in [0, 0.1) is 24.0 Å². The van der Waals surface area contributed by atoms with Crippen LogP contribution in [0.3, 0.4) is 0 Å². The van der Waals surface area contributed by atoms with Crippen molar-refractivity contribution in [1.29, 1.82) is 0 Å². The number of benzene rings is 2. The second kappa shape index (κ2) is 10.3. The minimum atomic E-state index is -1.10. The first-order valence-corrected chi connectivity index (χ1v) is 10.0. The van der Waals surface area contributed by atoms with Gasteiger partial charge in [0.15, 0.2) is 18.1 Å². The summed E-state index contributed by atoms with van der Waals surface area (Å²) in [4.78, 5) is 49.7. The Balaban J connectivity index is 1.73. The summed E-state index contributed by atoms with van der Waals surface area (Å²) >= 11 is 0. The highest BCUT2D eigenvalue weighted by atomic mass is 16.6. The molecule has 2 aromatic carbocycles. The van der Waals surface area contributed by atoms with Crippen LogP contribution < -0.4 is 26.0 Å². The molecule has 3 aromatic rings. The number of methoxy groups -OCH3 is 1. The monoisotopic (exact) mass is 466 g/mol. The van der Waals surface area contributed by atoms with Gasteiger partial charge in [-0.2, -0.15) is 0 Å². The van der Waals surface area contributed by atoms with Crippen LogP contribution in [-0.2, 0) is 4.79 Å². The summed E-state index contributed by atoms with van der Waals surface area (Å²) < 4.78 is 10.9. The summed E-state index contributed by atoms with van der Waals surface area (Å²) in [7, 11) is 1.42. The van der Waals surface area contributed by atoms with Gasteiger partial charge in [-0.3, -0.25) is 24.7 Å². The Bertz CT molecular complexity index is 1390. The molecule has 3 rings (SSSR count). The summed E-state index contributed by atoms with van der Waals surface area (Å²) in [5, 5.41) is 13.9. The van der Waals surface area contributed by atoms with Crippen LogP contribution in [0.2, 0.25) is 0 Å². The number of H-pyrrole nitrogens is 2. The molecule has 0 radical (unpaired) electrons. The molecule has 176 valence electrons. The van der Waals surface area contributed by atoms with Gasteiger partial charge in [-0.25, -0.2) is 4.79 Å². The van der Waals surface area contributed by atoms with E-state index in [9.17, 15) is 24.5 Å². The molecule has 34 heavy (non-hydrogen) atoms. The number of anilines is 1. The molecule has 0 spiro atoms. The van der Waals surface area contributed by atoms with E-state index in [2.05, 4.69) is 10.3 Å². The summed E-state index contributed by atoms with van der Waals surface area (Å²) in [5.41, 5.74) is 0.380. The van der Waals surface area contributed by atoms with Crippen LogP contribution in [0.15, 0.2) is 46.0 Å². The lowest BCUT2D eigenvalue weighted by Crippen LogP contribution is -2.25. The van der Waals surface area contributed by atoms with Crippen LogP contribution in [0.4, 0.5) is 11.4 Å². The molecule has 1 aromatic heterocycles. The molecule has 11 heteroatoms. The molecule has 1 amide bonds. The fourth-order valence-electron chi connectivity index (χ4n) is 3.05. The number of hydrogen-bond donors (Lipinski definition) is 3. The zero-order chi connectivity index (χ0) is 24.8. The van der Waals surface area contributed by atoms with Gasteiger partial charge in [0.25, 0.3) is 5.91 Å². The van der Waals surface area contributed by atoms with Gasteiger partial charge in [-0.1, -0.05) is 18.2 Å². The lowest BCUT2D eigenvalue weighted by Gasteiger charge is -2.12. The predicted octanol–water partition coefficient (Wildman–Crippen LogP) is 2.78. The predicted molar refractivity (Wildman–Crippen MR) is 126 cm³/mol. The number of carbonyl (C=O) groups excluding carboxylic acids is 1. The Kier molecular flexibility index (Phi) is 7.26. The van der Waals surface area contributed by atoms with E-state index in [0.717, 1.165) is 11.1 Å². The fraction of sp³-hybridized carbons (Fsp3) is 0.174. The quantitative estimate of drug-likeness (QED) is 0.340. The van der Waals surface area contributed by atoms with Crippen LogP contribution in [-0.4, -0.2) is 34.5 Å². The van der Waals surface area contributed by atoms with E-state index in [1.807, 2.05) is 31.0 Å². The Morgan fingerprint density at radius 1 is 1.06 bits per heavy atom. The Morgan fingerprint density at radius 2 is 1.82 bits per heavy atom. The Labute approximate surface area is 193 Å². The van der Waals surface area contributed by atoms with E-state index in [1.165, 1.54) is 19.3 Å². The Hall–Kier alpha value is -4.67. The SMILES string of the molecule is COc1cc(/C=C\c2[nH]c(=O)[nH]c(=O)c2[N+](=O)[O-])ccc1OCC(=O)Nc1ccc(C)c(C)c1. The van der Waals surface area contributed by atoms with Gasteiger partial charge in [0.2, 0.25) is 0 Å². The van der Waals surface area contributed by atoms with Crippen LogP contribution in [0.5, 0.6) is 11.5 Å². The fourth-order valence-corrected chi connectivity index (χ4v) is 3.05. The van der Waals surface area contributed by atoms with Gasteiger partial charge in [-0.05, 0) is 60.9 Å². The van der Waals surface area contributed by atoms with Crippen molar-refractivity contribution >= 4 is 29.4 Å². The maximum atomic E-state index is 12.2. The number of aromatic nitrogens is 2. The zero-order valence-electron chi connectivity index (χ0n) is 18.6. The summed E-state index contributed by atoms with van der Waals surface area (Å²) in [6, 6.07) is 10.3. The van der Waals surface area contributed by atoms with Gasteiger partial charge in [0.1, 0.15) is 5.69 Å². The zero-order valence-corrected chi connectivity index (χ0v) is 18.6. The number of carbonyl (C=O) groups is 1. The summed E-state index contributed by atoms with van der Waals surface area (Å²) in [6.45, 7) is 3.68. The lowest BCUT2D eigenvalue weighted by molar-refractivity contribution is -0.386. The molecule has 1 heterocycles. The number of nitrogens with zero attached hydrogens (tertiary/aromatic N) is 1. The molecule has 0 saturated heterocycles. The number of aryl methyl sites for hydroxylation is 2. The number of aromatic amines is 2. The highest BCUT2D eigenvalue weighted by Crippen LogP contribution is 2.29. The minimum absolute atomic E-state index is 0.249. The average molecular weight is 466 g/mol. The second-order valence-corrected chi connectivity index (χ2v) is 7.31. The molecule has 0 unspecified atom stereocenters. The third-order valence-corrected chi connectivity index (χ3v) is 4.91. The van der Waals surface area contributed by atoms with E-state index in [4.69, 9.17) is 9.47 Å². The highest BCUT2D eigenvalue weighted by molar-refractivity contribution is 5.92. The molecule has 11 nitrogen and oxygen atoms in total. The minimum Gasteiger partial charge on any atom is -0.493 e. The van der Waals surface area contributed by atoms with E-state index in [1.54, 1.807) is 24.3 Å². The van der Waals surface area contributed by atoms with Crippen molar-refractivity contribution in [3.63, 3.8) is 0 Å². The molecule has 3 N–H and O–H groups in total. The number of nitrogens with one attached hydrogen (secondary N) is 3. The van der Waals surface area contributed by atoms with E-state index in [-0.39, 0.29) is 18.2 Å². The first-order valence-electron chi connectivity index (χ1n) is 10.0. The number of nitro groups is 1. The van der Waals surface area contributed by atoms with Gasteiger partial charge in [0.05, 0.1) is 12.0 Å².